The van der Waals surface area contributed by atoms with Crippen molar-refractivity contribution in [2.45, 2.75) is 51.6 Å². The third kappa shape index (κ3) is 3.98. The first-order valence-corrected chi connectivity index (χ1v) is 7.58. The van der Waals surface area contributed by atoms with E-state index in [1.807, 2.05) is 30.3 Å². The summed E-state index contributed by atoms with van der Waals surface area (Å²) < 4.78 is 0. The molecule has 0 spiro atoms. The smallest absolute Gasteiger partial charge is 0.244 e. The second-order valence-corrected chi connectivity index (χ2v) is 6.42. The van der Waals surface area contributed by atoms with Crippen LogP contribution in [-0.4, -0.2) is 11.9 Å². The van der Waals surface area contributed by atoms with E-state index in [2.05, 4.69) is 19.2 Å². The maximum absolute atomic E-state index is 12.5. The van der Waals surface area contributed by atoms with Gasteiger partial charge in [0.15, 0.2) is 0 Å². The third-order valence-electron chi connectivity index (χ3n) is 4.87. The molecular formula is C17H27ClN2O. The number of rotatable bonds is 3. The lowest BCUT2D eigenvalue weighted by Crippen LogP contribution is -2.54. The molecule has 1 aliphatic rings. The molecule has 4 unspecified atom stereocenters. The summed E-state index contributed by atoms with van der Waals surface area (Å²) >= 11 is 0. The van der Waals surface area contributed by atoms with Gasteiger partial charge in [-0.15, -0.1) is 12.4 Å². The van der Waals surface area contributed by atoms with Gasteiger partial charge < -0.3 is 11.1 Å². The number of hydrogen-bond donors (Lipinski definition) is 2. The predicted octanol–water partition coefficient (Wildman–Crippen LogP) is 3.22. The maximum Gasteiger partial charge on any atom is 0.244 e. The summed E-state index contributed by atoms with van der Waals surface area (Å²) in [5.74, 6) is 1.10. The normalized spacial score (nSPS) is 28.1. The minimum atomic E-state index is -0.971. The Labute approximate surface area is 134 Å². The number of amides is 1. The van der Waals surface area contributed by atoms with Crippen LogP contribution in [0.4, 0.5) is 0 Å². The first kappa shape index (κ1) is 18.0. The molecule has 1 fully saturated rings. The highest BCUT2D eigenvalue weighted by Crippen LogP contribution is 2.30. The van der Waals surface area contributed by atoms with Crippen LogP contribution >= 0.6 is 12.4 Å². The van der Waals surface area contributed by atoms with Gasteiger partial charge in [0.1, 0.15) is 5.54 Å². The van der Waals surface area contributed by atoms with Crippen LogP contribution in [-0.2, 0) is 10.3 Å². The zero-order valence-corrected chi connectivity index (χ0v) is 14.0. The van der Waals surface area contributed by atoms with Crippen LogP contribution in [0.1, 0.15) is 45.6 Å². The van der Waals surface area contributed by atoms with Gasteiger partial charge in [0, 0.05) is 6.04 Å². The fraction of sp³-hybridized carbons (Fsp3) is 0.588. The van der Waals surface area contributed by atoms with Crippen molar-refractivity contribution in [3.8, 4) is 0 Å². The lowest BCUT2D eigenvalue weighted by molar-refractivity contribution is -0.127. The number of nitrogens with two attached hydrogens (primary N) is 1. The van der Waals surface area contributed by atoms with Crippen molar-refractivity contribution in [2.24, 2.45) is 17.6 Å². The molecule has 0 aromatic heterocycles. The van der Waals surface area contributed by atoms with Gasteiger partial charge in [-0.2, -0.15) is 0 Å². The van der Waals surface area contributed by atoms with Gasteiger partial charge in [-0.25, -0.2) is 0 Å². The van der Waals surface area contributed by atoms with Gasteiger partial charge in [-0.05, 0) is 30.7 Å². The molecule has 1 amide bonds. The molecule has 2 rings (SSSR count). The SMILES string of the molecule is CC1CCCC(NC(=O)C(C)(N)c2ccccc2)C1C.Cl. The van der Waals surface area contributed by atoms with Crippen LogP contribution in [0.3, 0.4) is 0 Å². The standard InChI is InChI=1S/C17H26N2O.ClH/c1-12-8-7-11-15(13(12)2)19-16(20)17(3,18)14-9-5-4-6-10-14;/h4-6,9-10,12-13,15H,7-8,11,18H2,1-3H3,(H,19,20);1H. The van der Waals surface area contributed by atoms with E-state index in [4.69, 9.17) is 5.73 Å². The highest BCUT2D eigenvalue weighted by atomic mass is 35.5. The average Bonchev–Trinajstić information content (AvgIpc) is 2.44. The molecule has 118 valence electrons. The number of nitrogens with one attached hydrogen (secondary N) is 1. The topological polar surface area (TPSA) is 55.1 Å². The van der Waals surface area contributed by atoms with Gasteiger partial charge in [0.05, 0.1) is 0 Å². The van der Waals surface area contributed by atoms with E-state index < -0.39 is 5.54 Å². The molecule has 1 saturated carbocycles. The summed E-state index contributed by atoms with van der Waals surface area (Å²) in [5.41, 5.74) is 6.15. The van der Waals surface area contributed by atoms with Crippen molar-refractivity contribution in [2.75, 3.05) is 0 Å². The van der Waals surface area contributed by atoms with E-state index in [9.17, 15) is 4.79 Å². The molecule has 4 atom stereocenters. The van der Waals surface area contributed by atoms with Crippen molar-refractivity contribution in [1.29, 1.82) is 0 Å². The Kier molecular flexibility index (Phi) is 6.24. The highest BCUT2D eigenvalue weighted by Gasteiger charge is 2.35. The van der Waals surface area contributed by atoms with Gasteiger partial charge in [0.2, 0.25) is 5.91 Å². The van der Waals surface area contributed by atoms with Crippen molar-refractivity contribution < 1.29 is 4.79 Å². The Balaban J connectivity index is 0.00000220. The lowest BCUT2D eigenvalue weighted by Gasteiger charge is -2.36. The molecule has 0 bridgehead atoms. The summed E-state index contributed by atoms with van der Waals surface area (Å²) in [6.07, 6.45) is 3.50. The first-order valence-electron chi connectivity index (χ1n) is 7.58. The first-order chi connectivity index (χ1) is 9.43. The second kappa shape index (κ2) is 7.28. The van der Waals surface area contributed by atoms with Gasteiger partial charge in [-0.1, -0.05) is 57.0 Å². The predicted molar refractivity (Wildman–Crippen MR) is 89.3 cm³/mol. The molecule has 0 heterocycles. The van der Waals surface area contributed by atoms with Crippen molar-refractivity contribution in [1.82, 2.24) is 5.32 Å². The quantitative estimate of drug-likeness (QED) is 0.900. The Morgan fingerprint density at radius 1 is 1.24 bits per heavy atom. The van der Waals surface area contributed by atoms with Crippen molar-refractivity contribution in [3.05, 3.63) is 35.9 Å². The summed E-state index contributed by atoms with van der Waals surface area (Å²) in [5, 5.41) is 3.17. The fourth-order valence-electron chi connectivity index (χ4n) is 3.02. The van der Waals surface area contributed by atoms with Crippen LogP contribution < -0.4 is 11.1 Å². The Morgan fingerprint density at radius 2 is 1.86 bits per heavy atom. The van der Waals surface area contributed by atoms with Gasteiger partial charge in [-0.3, -0.25) is 4.79 Å². The van der Waals surface area contributed by atoms with Crippen molar-refractivity contribution >= 4 is 18.3 Å². The van der Waals surface area contributed by atoms with E-state index in [1.54, 1.807) is 6.92 Å². The molecule has 0 saturated heterocycles. The average molecular weight is 311 g/mol. The molecule has 3 nitrogen and oxygen atoms in total. The lowest BCUT2D eigenvalue weighted by atomic mass is 9.77. The van der Waals surface area contributed by atoms with Crippen LogP contribution in [0.15, 0.2) is 30.3 Å². The van der Waals surface area contributed by atoms with Crippen LogP contribution in [0.25, 0.3) is 0 Å². The monoisotopic (exact) mass is 310 g/mol. The molecule has 0 radical (unpaired) electrons. The molecule has 4 heteroatoms. The van der Waals surface area contributed by atoms with E-state index >= 15 is 0 Å². The molecule has 0 aliphatic heterocycles. The highest BCUT2D eigenvalue weighted by molar-refractivity contribution is 5.87. The van der Waals surface area contributed by atoms with Gasteiger partial charge >= 0.3 is 0 Å². The van der Waals surface area contributed by atoms with E-state index in [-0.39, 0.29) is 24.4 Å². The number of halogens is 1. The van der Waals surface area contributed by atoms with Crippen LogP contribution in [0.2, 0.25) is 0 Å². The summed E-state index contributed by atoms with van der Waals surface area (Å²) in [4.78, 5) is 12.5. The minimum absolute atomic E-state index is 0. The van der Waals surface area contributed by atoms with Crippen molar-refractivity contribution in [3.63, 3.8) is 0 Å². The molecular weight excluding hydrogens is 284 g/mol. The van der Waals surface area contributed by atoms with E-state index in [0.717, 1.165) is 12.0 Å². The maximum atomic E-state index is 12.5. The Hall–Kier alpha value is -1.06. The minimum Gasteiger partial charge on any atom is -0.351 e. The van der Waals surface area contributed by atoms with E-state index in [0.29, 0.717) is 11.8 Å². The third-order valence-corrected chi connectivity index (χ3v) is 4.87. The number of carbonyl (C=O) groups is 1. The largest absolute Gasteiger partial charge is 0.351 e. The summed E-state index contributed by atoms with van der Waals surface area (Å²) in [7, 11) is 0. The zero-order valence-electron chi connectivity index (χ0n) is 13.1. The summed E-state index contributed by atoms with van der Waals surface area (Å²) in [6.45, 7) is 6.28. The molecule has 21 heavy (non-hydrogen) atoms. The fourth-order valence-corrected chi connectivity index (χ4v) is 3.02. The van der Waals surface area contributed by atoms with Gasteiger partial charge in [0.25, 0.3) is 0 Å². The number of carbonyl (C=O) groups excluding carboxylic acids is 1. The zero-order chi connectivity index (χ0) is 14.8. The number of benzene rings is 1. The summed E-state index contributed by atoms with van der Waals surface area (Å²) in [6, 6.07) is 9.83. The van der Waals surface area contributed by atoms with Crippen LogP contribution in [0, 0.1) is 11.8 Å². The molecule has 1 aromatic rings. The molecule has 1 aliphatic carbocycles. The number of hydrogen-bond acceptors (Lipinski definition) is 2. The molecule has 1 aromatic carbocycles. The van der Waals surface area contributed by atoms with Crippen LogP contribution in [0.5, 0.6) is 0 Å². The Bertz CT molecular complexity index is 461. The second-order valence-electron chi connectivity index (χ2n) is 6.42. The van der Waals surface area contributed by atoms with E-state index in [1.165, 1.54) is 12.8 Å². The Morgan fingerprint density at radius 3 is 2.48 bits per heavy atom. The molecule has 3 N–H and O–H groups in total.